The summed E-state index contributed by atoms with van der Waals surface area (Å²) in [6, 6.07) is 9.84. The molecule has 5 heteroatoms. The summed E-state index contributed by atoms with van der Waals surface area (Å²) < 4.78 is 5.31. The van der Waals surface area contributed by atoms with Gasteiger partial charge in [0.25, 0.3) is 0 Å². The van der Waals surface area contributed by atoms with Crippen molar-refractivity contribution in [2.24, 2.45) is 11.8 Å². The van der Waals surface area contributed by atoms with E-state index >= 15 is 0 Å². The summed E-state index contributed by atoms with van der Waals surface area (Å²) in [6.07, 6.45) is 2.95. The first-order chi connectivity index (χ1) is 10.6. The van der Waals surface area contributed by atoms with Gasteiger partial charge in [-0.1, -0.05) is 31.0 Å². The molecule has 22 heavy (non-hydrogen) atoms. The highest BCUT2D eigenvalue weighted by atomic mass is 16.5. The third kappa shape index (κ3) is 4.23. The highest BCUT2D eigenvalue weighted by Crippen LogP contribution is 2.31. The van der Waals surface area contributed by atoms with Gasteiger partial charge < -0.3 is 14.7 Å². The lowest BCUT2D eigenvalue weighted by molar-refractivity contribution is -0.159. The predicted molar refractivity (Wildman–Crippen MR) is 83.8 cm³/mol. The number of nitrogens with zero attached hydrogens (tertiary/aromatic N) is 1. The average Bonchev–Trinajstić information content (AvgIpc) is 2.55. The molecule has 1 aromatic rings. The van der Waals surface area contributed by atoms with Crippen molar-refractivity contribution in [2.75, 3.05) is 25.1 Å². The summed E-state index contributed by atoms with van der Waals surface area (Å²) in [5.41, 5.74) is 1.06. The number of rotatable bonds is 6. The molecule has 0 aromatic heterocycles. The largest absolute Gasteiger partial charge is 0.481 e. The fraction of sp³-hybridized carbons (Fsp3) is 0.529. The molecule has 0 spiro atoms. The van der Waals surface area contributed by atoms with Crippen LogP contribution in [0.15, 0.2) is 30.3 Å². The summed E-state index contributed by atoms with van der Waals surface area (Å²) in [4.78, 5) is 25.3. The molecule has 0 saturated heterocycles. The van der Waals surface area contributed by atoms with E-state index in [1.54, 1.807) is 0 Å². The zero-order valence-electron chi connectivity index (χ0n) is 12.9. The molecular formula is C17H23NO4. The number of anilines is 1. The molecule has 1 aliphatic carbocycles. The number of benzene rings is 1. The van der Waals surface area contributed by atoms with E-state index in [1.165, 1.54) is 0 Å². The van der Waals surface area contributed by atoms with Crippen molar-refractivity contribution >= 4 is 17.6 Å². The van der Waals surface area contributed by atoms with Gasteiger partial charge in [0.05, 0.1) is 18.4 Å². The fourth-order valence-electron chi connectivity index (χ4n) is 2.91. The lowest BCUT2D eigenvalue weighted by Crippen LogP contribution is -2.35. The minimum Gasteiger partial charge on any atom is -0.481 e. The third-order valence-corrected chi connectivity index (χ3v) is 4.25. The van der Waals surface area contributed by atoms with Gasteiger partial charge in [0.1, 0.15) is 6.61 Å². The lowest BCUT2D eigenvalue weighted by atomic mass is 9.79. The van der Waals surface area contributed by atoms with Crippen LogP contribution in [0.2, 0.25) is 0 Å². The van der Waals surface area contributed by atoms with Crippen molar-refractivity contribution < 1.29 is 19.4 Å². The molecule has 120 valence electrons. The van der Waals surface area contributed by atoms with Crippen LogP contribution >= 0.6 is 0 Å². The monoisotopic (exact) mass is 305 g/mol. The Bertz CT molecular complexity index is 503. The number of esters is 1. The summed E-state index contributed by atoms with van der Waals surface area (Å²) in [7, 11) is 1.93. The SMILES string of the molecule is CN(CCOC(=O)C1CCCCC1C(=O)O)c1ccccc1. The van der Waals surface area contributed by atoms with E-state index < -0.39 is 17.8 Å². The van der Waals surface area contributed by atoms with Crippen LogP contribution < -0.4 is 4.90 Å². The summed E-state index contributed by atoms with van der Waals surface area (Å²) in [5, 5.41) is 9.20. The van der Waals surface area contributed by atoms with Crippen LogP contribution in [0, 0.1) is 11.8 Å². The van der Waals surface area contributed by atoms with Gasteiger partial charge in [-0.15, -0.1) is 0 Å². The van der Waals surface area contributed by atoms with Crippen molar-refractivity contribution in [1.29, 1.82) is 0 Å². The summed E-state index contributed by atoms with van der Waals surface area (Å²) >= 11 is 0. The van der Waals surface area contributed by atoms with E-state index in [0.717, 1.165) is 18.5 Å². The second-order valence-corrected chi connectivity index (χ2v) is 5.76. The lowest BCUT2D eigenvalue weighted by Gasteiger charge is -2.27. The molecule has 1 aliphatic rings. The van der Waals surface area contributed by atoms with Crippen LogP contribution in [-0.4, -0.2) is 37.2 Å². The molecule has 2 unspecified atom stereocenters. The Kier molecular flexibility index (Phi) is 5.81. The first kappa shape index (κ1) is 16.3. The molecule has 0 bridgehead atoms. The summed E-state index contributed by atoms with van der Waals surface area (Å²) in [6.45, 7) is 0.854. The Balaban J connectivity index is 1.81. The number of hydrogen-bond acceptors (Lipinski definition) is 4. The summed E-state index contributed by atoms with van der Waals surface area (Å²) in [5.74, 6) is -2.34. The van der Waals surface area contributed by atoms with E-state index in [9.17, 15) is 14.7 Å². The van der Waals surface area contributed by atoms with Crippen LogP contribution in [0.4, 0.5) is 5.69 Å². The number of likely N-dealkylation sites (N-methyl/N-ethyl adjacent to an activating group) is 1. The van der Waals surface area contributed by atoms with Gasteiger partial charge in [-0.25, -0.2) is 0 Å². The molecule has 0 radical (unpaired) electrons. The Labute approximate surface area is 130 Å². The van der Waals surface area contributed by atoms with Gasteiger partial charge in [-0.3, -0.25) is 9.59 Å². The quantitative estimate of drug-likeness (QED) is 0.818. The average molecular weight is 305 g/mol. The number of carboxylic acids is 1. The molecule has 1 N–H and O–H groups in total. The van der Waals surface area contributed by atoms with Crippen molar-refractivity contribution in [3.05, 3.63) is 30.3 Å². The van der Waals surface area contributed by atoms with Crippen molar-refractivity contribution in [3.63, 3.8) is 0 Å². The van der Waals surface area contributed by atoms with Gasteiger partial charge in [0.2, 0.25) is 0 Å². The Morgan fingerprint density at radius 1 is 1.18 bits per heavy atom. The van der Waals surface area contributed by atoms with Crippen LogP contribution in [-0.2, 0) is 14.3 Å². The predicted octanol–water partition coefficient (Wildman–Crippen LogP) is 2.56. The number of hydrogen-bond donors (Lipinski definition) is 1. The first-order valence-corrected chi connectivity index (χ1v) is 7.75. The topological polar surface area (TPSA) is 66.8 Å². The van der Waals surface area contributed by atoms with Crippen molar-refractivity contribution in [2.45, 2.75) is 25.7 Å². The molecule has 1 aromatic carbocycles. The van der Waals surface area contributed by atoms with E-state index in [0.29, 0.717) is 19.4 Å². The van der Waals surface area contributed by atoms with Gasteiger partial charge in [-0.05, 0) is 25.0 Å². The van der Waals surface area contributed by atoms with E-state index in [2.05, 4.69) is 0 Å². The standard InChI is InChI=1S/C17H23NO4/c1-18(13-7-3-2-4-8-13)11-12-22-17(21)15-10-6-5-9-14(15)16(19)20/h2-4,7-8,14-15H,5-6,9-12H2,1H3,(H,19,20). The zero-order chi connectivity index (χ0) is 15.9. The van der Waals surface area contributed by atoms with Crippen molar-refractivity contribution in [1.82, 2.24) is 0 Å². The van der Waals surface area contributed by atoms with Crippen LogP contribution in [0.25, 0.3) is 0 Å². The molecule has 1 saturated carbocycles. The van der Waals surface area contributed by atoms with Crippen LogP contribution in [0.5, 0.6) is 0 Å². The molecule has 0 heterocycles. The highest BCUT2D eigenvalue weighted by molar-refractivity contribution is 5.81. The van der Waals surface area contributed by atoms with Crippen molar-refractivity contribution in [3.8, 4) is 0 Å². The molecule has 1 fully saturated rings. The first-order valence-electron chi connectivity index (χ1n) is 7.75. The second kappa shape index (κ2) is 7.82. The number of aliphatic carboxylic acids is 1. The Morgan fingerprint density at radius 2 is 1.82 bits per heavy atom. The molecular weight excluding hydrogens is 282 g/mol. The maximum absolute atomic E-state index is 12.1. The zero-order valence-corrected chi connectivity index (χ0v) is 12.9. The number of para-hydroxylation sites is 1. The number of carbonyl (C=O) groups excluding carboxylic acids is 1. The number of carbonyl (C=O) groups is 2. The molecule has 5 nitrogen and oxygen atoms in total. The minimum atomic E-state index is -0.886. The van der Waals surface area contributed by atoms with Crippen LogP contribution in [0.1, 0.15) is 25.7 Å². The Morgan fingerprint density at radius 3 is 2.45 bits per heavy atom. The molecule has 2 rings (SSSR count). The second-order valence-electron chi connectivity index (χ2n) is 5.76. The smallest absolute Gasteiger partial charge is 0.309 e. The highest BCUT2D eigenvalue weighted by Gasteiger charge is 2.36. The van der Waals surface area contributed by atoms with E-state index in [4.69, 9.17) is 4.74 Å². The van der Waals surface area contributed by atoms with E-state index in [-0.39, 0.29) is 12.6 Å². The minimum absolute atomic E-state index is 0.271. The van der Waals surface area contributed by atoms with Gasteiger partial charge in [-0.2, -0.15) is 0 Å². The molecule has 2 atom stereocenters. The maximum atomic E-state index is 12.1. The number of carboxylic acid groups (broad SMARTS) is 1. The number of ether oxygens (including phenoxy) is 1. The molecule has 0 amide bonds. The maximum Gasteiger partial charge on any atom is 0.309 e. The van der Waals surface area contributed by atoms with Gasteiger partial charge >= 0.3 is 11.9 Å². The van der Waals surface area contributed by atoms with Gasteiger partial charge in [0.15, 0.2) is 0 Å². The third-order valence-electron chi connectivity index (χ3n) is 4.25. The van der Waals surface area contributed by atoms with Crippen LogP contribution in [0.3, 0.4) is 0 Å². The Hall–Kier alpha value is -2.04. The fourth-order valence-corrected chi connectivity index (χ4v) is 2.91. The van der Waals surface area contributed by atoms with Gasteiger partial charge in [0, 0.05) is 12.7 Å². The van der Waals surface area contributed by atoms with E-state index in [1.807, 2.05) is 42.3 Å². The molecule has 0 aliphatic heterocycles. The normalized spacial score (nSPS) is 21.1.